The molecular formula is C19H18F3N3O2S. The molecule has 148 valence electrons. The van der Waals surface area contributed by atoms with Crippen LogP contribution in [0.5, 0.6) is 5.75 Å². The van der Waals surface area contributed by atoms with Gasteiger partial charge >= 0.3 is 6.18 Å². The molecule has 0 fully saturated rings. The molecule has 0 radical (unpaired) electrons. The predicted molar refractivity (Wildman–Crippen MR) is 103 cm³/mol. The third-order valence-electron chi connectivity index (χ3n) is 4.60. The number of methoxy groups -OCH3 is 1. The van der Waals surface area contributed by atoms with Gasteiger partial charge in [0.15, 0.2) is 4.77 Å². The average Bonchev–Trinajstić information content (AvgIpc) is 2.66. The molecule has 0 aliphatic carbocycles. The molecule has 3 aromatic rings. The zero-order valence-electron chi connectivity index (χ0n) is 15.4. The number of H-pyrrole nitrogens is 1. The number of aromatic nitrogens is 3. The van der Waals surface area contributed by atoms with Gasteiger partial charge < -0.3 is 4.74 Å². The van der Waals surface area contributed by atoms with E-state index < -0.39 is 22.7 Å². The van der Waals surface area contributed by atoms with Gasteiger partial charge in [-0.25, -0.2) is 4.98 Å². The van der Waals surface area contributed by atoms with Crippen LogP contribution in [0.3, 0.4) is 0 Å². The van der Waals surface area contributed by atoms with E-state index in [0.717, 1.165) is 6.07 Å². The van der Waals surface area contributed by atoms with E-state index >= 15 is 0 Å². The van der Waals surface area contributed by atoms with Gasteiger partial charge in [-0.05, 0) is 43.8 Å². The number of nitrogens with one attached hydrogen (secondary N) is 1. The van der Waals surface area contributed by atoms with Crippen LogP contribution in [0.4, 0.5) is 13.2 Å². The number of rotatable bonds is 4. The van der Waals surface area contributed by atoms with E-state index in [9.17, 15) is 18.0 Å². The summed E-state index contributed by atoms with van der Waals surface area (Å²) in [5.74, 6) is 0.484. The Labute approximate surface area is 163 Å². The van der Waals surface area contributed by atoms with E-state index in [2.05, 4.69) is 9.97 Å². The Morgan fingerprint density at radius 3 is 2.64 bits per heavy atom. The summed E-state index contributed by atoms with van der Waals surface area (Å²) in [6.07, 6.45) is -4.14. The van der Waals surface area contributed by atoms with E-state index in [1.807, 2.05) is 6.92 Å². The Balaban J connectivity index is 2.49. The van der Waals surface area contributed by atoms with E-state index in [4.69, 9.17) is 17.0 Å². The fourth-order valence-electron chi connectivity index (χ4n) is 2.99. The van der Waals surface area contributed by atoms with Gasteiger partial charge in [-0.3, -0.25) is 14.3 Å². The summed E-state index contributed by atoms with van der Waals surface area (Å²) < 4.78 is 48.1. The molecule has 0 aliphatic rings. The highest BCUT2D eigenvalue weighted by Gasteiger charge is 2.35. The Hall–Kier alpha value is -2.68. The van der Waals surface area contributed by atoms with E-state index in [1.54, 1.807) is 31.2 Å². The van der Waals surface area contributed by atoms with Crippen LogP contribution in [0.15, 0.2) is 35.1 Å². The van der Waals surface area contributed by atoms with Crippen LogP contribution in [0.2, 0.25) is 0 Å². The molecule has 1 aromatic carbocycles. The van der Waals surface area contributed by atoms with Crippen molar-refractivity contribution in [1.82, 2.24) is 14.5 Å². The van der Waals surface area contributed by atoms with Crippen LogP contribution < -0.4 is 10.3 Å². The molecule has 5 nitrogen and oxygen atoms in total. The average molecular weight is 409 g/mol. The summed E-state index contributed by atoms with van der Waals surface area (Å²) in [6.45, 7) is 3.68. The van der Waals surface area contributed by atoms with Gasteiger partial charge in [-0.15, -0.1) is 0 Å². The molecule has 0 saturated heterocycles. The van der Waals surface area contributed by atoms with Crippen LogP contribution >= 0.6 is 12.2 Å². The van der Waals surface area contributed by atoms with Crippen molar-refractivity contribution in [3.05, 3.63) is 51.0 Å². The summed E-state index contributed by atoms with van der Waals surface area (Å²) in [5, 5.41) is -0.520. The largest absolute Gasteiger partial charge is 0.497 e. The third-order valence-corrected chi connectivity index (χ3v) is 4.90. The van der Waals surface area contributed by atoms with Gasteiger partial charge in [0.05, 0.1) is 23.8 Å². The van der Waals surface area contributed by atoms with Gasteiger partial charge in [-0.1, -0.05) is 19.1 Å². The number of aromatic amines is 1. The second kappa shape index (κ2) is 7.38. The van der Waals surface area contributed by atoms with Gasteiger partial charge in [0.25, 0.3) is 5.56 Å². The van der Waals surface area contributed by atoms with Crippen LogP contribution in [-0.4, -0.2) is 21.6 Å². The molecule has 1 atom stereocenters. The minimum atomic E-state index is -4.74. The van der Waals surface area contributed by atoms with Crippen molar-refractivity contribution in [3.63, 3.8) is 0 Å². The SMILES string of the molecule is CC[C@@H](C)n1c(=S)[nH]c(=O)c2c(C(F)(F)F)cc(-c3cccc(OC)c3)nc21. The highest BCUT2D eigenvalue weighted by atomic mass is 32.1. The molecule has 9 heteroatoms. The highest BCUT2D eigenvalue weighted by Crippen LogP contribution is 2.36. The maximum absolute atomic E-state index is 13.8. The molecule has 0 bridgehead atoms. The van der Waals surface area contributed by atoms with Crippen LogP contribution in [0.1, 0.15) is 31.9 Å². The third kappa shape index (κ3) is 3.54. The van der Waals surface area contributed by atoms with Gasteiger partial charge in [0.1, 0.15) is 11.4 Å². The zero-order chi connectivity index (χ0) is 20.6. The molecule has 2 aromatic heterocycles. The molecule has 3 rings (SSSR count). The fourth-order valence-corrected chi connectivity index (χ4v) is 3.35. The number of alkyl halides is 3. The molecule has 0 amide bonds. The van der Waals surface area contributed by atoms with Crippen molar-refractivity contribution >= 4 is 23.3 Å². The normalized spacial score (nSPS) is 12.9. The van der Waals surface area contributed by atoms with Crippen molar-refractivity contribution in [2.45, 2.75) is 32.5 Å². The Bertz CT molecular complexity index is 1150. The van der Waals surface area contributed by atoms with E-state index in [0.29, 0.717) is 17.7 Å². The first-order chi connectivity index (χ1) is 13.2. The van der Waals surface area contributed by atoms with Crippen LogP contribution in [-0.2, 0) is 6.18 Å². The lowest BCUT2D eigenvalue weighted by atomic mass is 10.1. The Morgan fingerprint density at radius 2 is 2.04 bits per heavy atom. The van der Waals surface area contributed by atoms with E-state index in [-0.39, 0.29) is 22.2 Å². The number of benzene rings is 1. The number of pyridine rings is 1. The minimum absolute atomic E-state index is 0.0373. The molecule has 0 aliphatic heterocycles. The number of hydrogen-bond donors (Lipinski definition) is 1. The topological polar surface area (TPSA) is 59.9 Å². The molecule has 28 heavy (non-hydrogen) atoms. The minimum Gasteiger partial charge on any atom is -0.497 e. The number of nitrogens with zero attached hydrogens (tertiary/aromatic N) is 2. The lowest BCUT2D eigenvalue weighted by molar-refractivity contribution is -0.136. The van der Waals surface area contributed by atoms with Crippen molar-refractivity contribution in [2.75, 3.05) is 7.11 Å². The van der Waals surface area contributed by atoms with Gasteiger partial charge in [-0.2, -0.15) is 13.2 Å². The molecule has 2 heterocycles. The first-order valence-corrected chi connectivity index (χ1v) is 8.99. The number of ether oxygens (including phenoxy) is 1. The quantitative estimate of drug-likeness (QED) is 0.608. The number of halogens is 3. The monoisotopic (exact) mass is 409 g/mol. The summed E-state index contributed by atoms with van der Waals surface area (Å²) >= 11 is 5.21. The number of hydrogen-bond acceptors (Lipinski definition) is 4. The highest BCUT2D eigenvalue weighted by molar-refractivity contribution is 7.71. The Morgan fingerprint density at radius 1 is 1.32 bits per heavy atom. The fraction of sp³-hybridized carbons (Fsp3) is 0.316. The second-order valence-corrected chi connectivity index (χ2v) is 6.76. The number of fused-ring (bicyclic) bond motifs is 1. The maximum Gasteiger partial charge on any atom is 0.417 e. The summed E-state index contributed by atoms with van der Waals surface area (Å²) in [7, 11) is 1.47. The predicted octanol–water partition coefficient (Wildman–Crippen LogP) is 5.12. The second-order valence-electron chi connectivity index (χ2n) is 6.37. The van der Waals surface area contributed by atoms with Crippen molar-refractivity contribution in [1.29, 1.82) is 0 Å². The first-order valence-electron chi connectivity index (χ1n) is 8.58. The van der Waals surface area contributed by atoms with E-state index in [1.165, 1.54) is 11.7 Å². The standard InChI is InChI=1S/C19H18F3N3O2S/c1-4-10(2)25-16-15(17(26)24-18(25)28)13(19(20,21)22)9-14(23-16)11-6-5-7-12(8-11)27-3/h5-10H,4H2,1-3H3,(H,24,26,28)/t10-/m1/s1. The van der Waals surface area contributed by atoms with Crippen LogP contribution in [0, 0.1) is 4.77 Å². The molecule has 1 N–H and O–H groups in total. The maximum atomic E-state index is 13.8. The lowest BCUT2D eigenvalue weighted by Crippen LogP contribution is -2.22. The smallest absolute Gasteiger partial charge is 0.417 e. The summed E-state index contributed by atoms with van der Waals surface area (Å²) in [4.78, 5) is 19.1. The van der Waals surface area contributed by atoms with Gasteiger partial charge in [0.2, 0.25) is 0 Å². The van der Waals surface area contributed by atoms with Crippen LogP contribution in [0.25, 0.3) is 22.3 Å². The van der Waals surface area contributed by atoms with Crippen molar-refractivity contribution < 1.29 is 17.9 Å². The molecule has 0 saturated carbocycles. The molecule has 0 unspecified atom stereocenters. The van der Waals surface area contributed by atoms with Crippen molar-refractivity contribution in [2.24, 2.45) is 0 Å². The van der Waals surface area contributed by atoms with Crippen molar-refractivity contribution in [3.8, 4) is 17.0 Å². The molecule has 0 spiro atoms. The summed E-state index contributed by atoms with van der Waals surface area (Å²) in [5.41, 5.74) is -1.53. The Kier molecular flexibility index (Phi) is 5.29. The van der Waals surface area contributed by atoms with Gasteiger partial charge in [0, 0.05) is 11.6 Å². The zero-order valence-corrected chi connectivity index (χ0v) is 16.2. The molecular weight excluding hydrogens is 391 g/mol. The summed E-state index contributed by atoms with van der Waals surface area (Å²) in [6, 6.07) is 7.19. The lowest BCUT2D eigenvalue weighted by Gasteiger charge is -2.19. The first kappa shape index (κ1) is 20.1.